The maximum absolute atomic E-state index is 11.5. The molecule has 4 N–H and O–H groups in total. The maximum atomic E-state index is 11.5. The molecule has 0 saturated carbocycles. The highest BCUT2D eigenvalue weighted by molar-refractivity contribution is 14.0. The van der Waals surface area contributed by atoms with Crippen molar-refractivity contribution < 1.29 is 4.79 Å². The van der Waals surface area contributed by atoms with E-state index < -0.39 is 0 Å². The molecular formula is C24H34IN5O. The van der Waals surface area contributed by atoms with E-state index in [-0.39, 0.29) is 35.8 Å². The third-order valence-corrected chi connectivity index (χ3v) is 5.70. The van der Waals surface area contributed by atoms with Gasteiger partial charge in [-0.05, 0) is 48.6 Å². The lowest BCUT2D eigenvalue weighted by Crippen LogP contribution is -2.40. The van der Waals surface area contributed by atoms with Crippen LogP contribution in [0.25, 0.3) is 0 Å². The number of hydrogen-bond acceptors (Lipinski definition) is 3. The van der Waals surface area contributed by atoms with E-state index in [0.29, 0.717) is 6.54 Å². The number of benzene rings is 2. The molecule has 0 aromatic heterocycles. The van der Waals surface area contributed by atoms with Crippen molar-refractivity contribution in [3.05, 3.63) is 70.8 Å². The fourth-order valence-corrected chi connectivity index (χ4v) is 3.92. The van der Waals surface area contributed by atoms with E-state index >= 15 is 0 Å². The van der Waals surface area contributed by atoms with Crippen LogP contribution in [0.1, 0.15) is 35.1 Å². The SMILES string of the molecule is CN=C(NCc1cccc(CN2CCCC(C(N)=O)C2)c1)NCc1ccccc1C.I. The Balaban J connectivity index is 0.00000341. The van der Waals surface area contributed by atoms with E-state index in [1.54, 1.807) is 7.05 Å². The number of carbonyl (C=O) groups is 1. The monoisotopic (exact) mass is 535 g/mol. The normalized spacial score (nSPS) is 17.0. The summed E-state index contributed by atoms with van der Waals surface area (Å²) in [4.78, 5) is 18.2. The summed E-state index contributed by atoms with van der Waals surface area (Å²) in [6, 6.07) is 16.9. The van der Waals surface area contributed by atoms with Crippen LogP contribution in [0.5, 0.6) is 0 Å². The van der Waals surface area contributed by atoms with Gasteiger partial charge < -0.3 is 16.4 Å². The molecule has 1 heterocycles. The van der Waals surface area contributed by atoms with Crippen LogP contribution in [0.4, 0.5) is 0 Å². The number of nitrogens with zero attached hydrogens (tertiary/aromatic N) is 2. The molecule has 0 spiro atoms. The number of likely N-dealkylation sites (tertiary alicyclic amines) is 1. The van der Waals surface area contributed by atoms with Crippen molar-refractivity contribution in [1.82, 2.24) is 15.5 Å². The lowest BCUT2D eigenvalue weighted by atomic mass is 9.97. The second kappa shape index (κ2) is 12.7. The molecule has 1 fully saturated rings. The number of piperidine rings is 1. The van der Waals surface area contributed by atoms with Crippen LogP contribution in [0.3, 0.4) is 0 Å². The average Bonchev–Trinajstić information content (AvgIpc) is 2.75. The van der Waals surface area contributed by atoms with Gasteiger partial charge in [-0.25, -0.2) is 0 Å². The van der Waals surface area contributed by atoms with Crippen molar-refractivity contribution >= 4 is 35.8 Å². The number of guanidine groups is 1. The number of nitrogens with two attached hydrogens (primary N) is 1. The molecule has 0 bridgehead atoms. The predicted molar refractivity (Wildman–Crippen MR) is 137 cm³/mol. The van der Waals surface area contributed by atoms with Gasteiger partial charge in [0.15, 0.2) is 5.96 Å². The number of amides is 1. The molecule has 7 heteroatoms. The number of aryl methyl sites for hydroxylation is 1. The number of hydrogen-bond donors (Lipinski definition) is 3. The van der Waals surface area contributed by atoms with Crippen LogP contribution in [0.15, 0.2) is 53.5 Å². The van der Waals surface area contributed by atoms with Crippen LogP contribution >= 0.6 is 24.0 Å². The van der Waals surface area contributed by atoms with Gasteiger partial charge in [-0.3, -0.25) is 14.7 Å². The summed E-state index contributed by atoms with van der Waals surface area (Å²) in [5, 5.41) is 6.77. The minimum Gasteiger partial charge on any atom is -0.369 e. The fraction of sp³-hybridized carbons (Fsp3) is 0.417. The molecule has 1 saturated heterocycles. The van der Waals surface area contributed by atoms with E-state index in [1.165, 1.54) is 22.3 Å². The van der Waals surface area contributed by atoms with Gasteiger partial charge in [0.05, 0.1) is 5.92 Å². The molecule has 168 valence electrons. The van der Waals surface area contributed by atoms with Crippen molar-refractivity contribution in [2.24, 2.45) is 16.6 Å². The Morgan fingerprint density at radius 3 is 2.61 bits per heavy atom. The topological polar surface area (TPSA) is 82.8 Å². The summed E-state index contributed by atoms with van der Waals surface area (Å²) < 4.78 is 0. The van der Waals surface area contributed by atoms with Crippen molar-refractivity contribution in [1.29, 1.82) is 0 Å². The molecule has 1 aliphatic heterocycles. The highest BCUT2D eigenvalue weighted by atomic mass is 127. The molecule has 31 heavy (non-hydrogen) atoms. The van der Waals surface area contributed by atoms with E-state index in [2.05, 4.69) is 76.0 Å². The lowest BCUT2D eigenvalue weighted by molar-refractivity contribution is -0.123. The van der Waals surface area contributed by atoms with Gasteiger partial charge in [-0.1, -0.05) is 48.5 Å². The Kier molecular flexibility index (Phi) is 10.3. The van der Waals surface area contributed by atoms with Crippen molar-refractivity contribution in [3.63, 3.8) is 0 Å². The van der Waals surface area contributed by atoms with Gasteiger partial charge in [-0.2, -0.15) is 0 Å². The van der Waals surface area contributed by atoms with E-state index in [4.69, 9.17) is 5.73 Å². The van der Waals surface area contributed by atoms with Crippen molar-refractivity contribution in [3.8, 4) is 0 Å². The minimum absolute atomic E-state index is 0. The van der Waals surface area contributed by atoms with Crippen LogP contribution < -0.4 is 16.4 Å². The first-order chi connectivity index (χ1) is 14.5. The molecule has 2 aromatic rings. The Labute approximate surface area is 202 Å². The largest absolute Gasteiger partial charge is 0.369 e. The lowest BCUT2D eigenvalue weighted by Gasteiger charge is -2.31. The zero-order chi connectivity index (χ0) is 21.3. The zero-order valence-corrected chi connectivity index (χ0v) is 20.8. The van der Waals surface area contributed by atoms with Crippen LogP contribution in [-0.4, -0.2) is 36.9 Å². The number of primary amides is 1. The van der Waals surface area contributed by atoms with E-state index in [9.17, 15) is 4.79 Å². The first-order valence-electron chi connectivity index (χ1n) is 10.6. The average molecular weight is 535 g/mol. The highest BCUT2D eigenvalue weighted by Crippen LogP contribution is 2.18. The zero-order valence-electron chi connectivity index (χ0n) is 18.4. The molecule has 1 atom stereocenters. The number of carbonyl (C=O) groups excluding carboxylic acids is 1. The molecule has 3 rings (SSSR count). The summed E-state index contributed by atoms with van der Waals surface area (Å²) in [5.74, 6) is 0.581. The summed E-state index contributed by atoms with van der Waals surface area (Å²) in [6.07, 6.45) is 1.93. The molecule has 1 amide bonds. The number of aliphatic imine (C=N–C) groups is 1. The Morgan fingerprint density at radius 1 is 1.13 bits per heavy atom. The quantitative estimate of drug-likeness (QED) is 0.289. The van der Waals surface area contributed by atoms with Gasteiger partial charge in [-0.15, -0.1) is 24.0 Å². The van der Waals surface area contributed by atoms with Crippen LogP contribution in [0.2, 0.25) is 0 Å². The molecule has 0 radical (unpaired) electrons. The van der Waals surface area contributed by atoms with Gasteiger partial charge in [0, 0.05) is 33.2 Å². The number of halogens is 1. The molecule has 0 aliphatic carbocycles. The van der Waals surface area contributed by atoms with Gasteiger partial charge >= 0.3 is 0 Å². The van der Waals surface area contributed by atoms with Crippen molar-refractivity contribution in [2.75, 3.05) is 20.1 Å². The summed E-state index contributed by atoms with van der Waals surface area (Å²) in [5.41, 5.74) is 10.5. The standard InChI is InChI=1S/C24H33N5O.HI/c1-18-7-3-4-10-21(18)15-28-24(26-2)27-14-19-8-5-9-20(13-19)16-29-12-6-11-22(17-29)23(25)30;/h3-5,7-10,13,22H,6,11-12,14-17H2,1-2H3,(H2,25,30)(H2,26,27,28);1H. The van der Waals surface area contributed by atoms with Crippen LogP contribution in [-0.2, 0) is 24.4 Å². The second-order valence-corrected chi connectivity index (χ2v) is 8.00. The summed E-state index contributed by atoms with van der Waals surface area (Å²) >= 11 is 0. The summed E-state index contributed by atoms with van der Waals surface area (Å²) in [7, 11) is 1.79. The molecule has 2 aromatic carbocycles. The fourth-order valence-electron chi connectivity index (χ4n) is 3.92. The maximum Gasteiger partial charge on any atom is 0.221 e. The number of nitrogens with one attached hydrogen (secondary N) is 2. The highest BCUT2D eigenvalue weighted by Gasteiger charge is 2.23. The van der Waals surface area contributed by atoms with E-state index in [0.717, 1.165) is 45.0 Å². The van der Waals surface area contributed by atoms with Gasteiger partial charge in [0.2, 0.25) is 5.91 Å². The molecule has 1 aliphatic rings. The second-order valence-electron chi connectivity index (χ2n) is 8.00. The first kappa shape index (κ1) is 25.1. The van der Waals surface area contributed by atoms with Gasteiger partial charge in [0.1, 0.15) is 0 Å². The van der Waals surface area contributed by atoms with Crippen molar-refractivity contribution in [2.45, 2.75) is 39.4 Å². The molecule has 6 nitrogen and oxygen atoms in total. The van der Waals surface area contributed by atoms with Gasteiger partial charge in [0.25, 0.3) is 0 Å². The summed E-state index contributed by atoms with van der Waals surface area (Å²) in [6.45, 7) is 6.17. The third kappa shape index (κ3) is 7.81. The first-order valence-corrected chi connectivity index (χ1v) is 10.6. The molecular weight excluding hydrogens is 501 g/mol. The predicted octanol–water partition coefficient (Wildman–Crippen LogP) is 3.18. The Hall–Kier alpha value is -2.13. The molecule has 1 unspecified atom stereocenters. The van der Waals surface area contributed by atoms with Crippen LogP contribution in [0, 0.1) is 12.8 Å². The Morgan fingerprint density at radius 2 is 1.87 bits per heavy atom. The minimum atomic E-state index is -0.178. The Bertz CT molecular complexity index is 886. The van der Waals surface area contributed by atoms with E-state index in [1.807, 2.05) is 0 Å². The number of rotatable bonds is 7. The smallest absolute Gasteiger partial charge is 0.221 e. The third-order valence-electron chi connectivity index (χ3n) is 5.70.